The summed E-state index contributed by atoms with van der Waals surface area (Å²) in [7, 11) is 0. The molecule has 6 nitrogen and oxygen atoms in total. The highest BCUT2D eigenvalue weighted by molar-refractivity contribution is 5.92. The van der Waals surface area contributed by atoms with E-state index >= 15 is 0 Å². The third-order valence-corrected chi connectivity index (χ3v) is 6.03. The Hall–Kier alpha value is -2.34. The molecule has 1 aliphatic carbocycles. The summed E-state index contributed by atoms with van der Waals surface area (Å²) in [5, 5.41) is 6.07. The predicted molar refractivity (Wildman–Crippen MR) is 110 cm³/mol. The van der Waals surface area contributed by atoms with E-state index in [9.17, 15) is 9.59 Å². The molecule has 2 N–H and O–H groups in total. The van der Waals surface area contributed by atoms with Crippen molar-refractivity contribution in [1.82, 2.24) is 10.6 Å². The summed E-state index contributed by atoms with van der Waals surface area (Å²) >= 11 is 0. The normalized spacial score (nSPS) is 27.9. The molecule has 1 saturated carbocycles. The lowest BCUT2D eigenvalue weighted by Crippen LogP contribution is -2.59. The maximum absolute atomic E-state index is 12.5. The molecule has 3 fully saturated rings. The quantitative estimate of drug-likeness (QED) is 0.723. The van der Waals surface area contributed by atoms with Gasteiger partial charge in [-0.15, -0.1) is 0 Å². The summed E-state index contributed by atoms with van der Waals surface area (Å²) in [6.07, 6.45) is 11.3. The highest BCUT2D eigenvalue weighted by atomic mass is 16.5. The van der Waals surface area contributed by atoms with Gasteiger partial charge >= 0.3 is 0 Å². The van der Waals surface area contributed by atoms with Crippen LogP contribution in [0.4, 0.5) is 0 Å². The molecule has 6 heteroatoms. The molecular weight excluding hydrogens is 368 g/mol. The molecule has 0 bridgehead atoms. The molecule has 3 atom stereocenters. The Labute approximate surface area is 172 Å². The van der Waals surface area contributed by atoms with Crippen molar-refractivity contribution in [3.8, 4) is 5.75 Å². The van der Waals surface area contributed by atoms with Gasteiger partial charge in [-0.3, -0.25) is 9.59 Å². The Kier molecular flexibility index (Phi) is 6.49. The fourth-order valence-corrected chi connectivity index (χ4v) is 4.52. The number of amides is 2. The van der Waals surface area contributed by atoms with Gasteiger partial charge in [-0.25, -0.2) is 0 Å². The molecule has 156 valence electrons. The zero-order valence-electron chi connectivity index (χ0n) is 16.8. The van der Waals surface area contributed by atoms with Gasteiger partial charge in [0.15, 0.2) is 0 Å². The van der Waals surface area contributed by atoms with Crippen LogP contribution in [0.1, 0.15) is 56.9 Å². The average Bonchev–Trinajstić information content (AvgIpc) is 3.42. The number of ether oxygens (including phenoxy) is 2. The van der Waals surface area contributed by atoms with E-state index in [0.717, 1.165) is 43.6 Å². The van der Waals surface area contributed by atoms with Gasteiger partial charge in [0.1, 0.15) is 5.75 Å². The first kappa shape index (κ1) is 20.0. The molecule has 1 aromatic carbocycles. The molecule has 0 spiro atoms. The van der Waals surface area contributed by atoms with Crippen molar-refractivity contribution in [2.24, 2.45) is 0 Å². The van der Waals surface area contributed by atoms with Crippen LogP contribution < -0.4 is 15.4 Å². The van der Waals surface area contributed by atoms with Crippen LogP contribution in [0.15, 0.2) is 30.3 Å². The fraction of sp³-hybridized carbons (Fsp3) is 0.565. The Morgan fingerprint density at radius 3 is 2.83 bits per heavy atom. The summed E-state index contributed by atoms with van der Waals surface area (Å²) in [4.78, 5) is 24.3. The van der Waals surface area contributed by atoms with Crippen LogP contribution in [-0.2, 0) is 14.3 Å². The molecule has 2 aliphatic heterocycles. The number of rotatable bonds is 6. The first-order valence-electron chi connectivity index (χ1n) is 10.8. The van der Waals surface area contributed by atoms with E-state index in [-0.39, 0.29) is 30.0 Å². The number of hydrogen-bond acceptors (Lipinski definition) is 4. The van der Waals surface area contributed by atoms with Crippen molar-refractivity contribution in [1.29, 1.82) is 0 Å². The van der Waals surface area contributed by atoms with E-state index in [1.54, 1.807) is 12.2 Å². The Bertz CT molecular complexity index is 751. The van der Waals surface area contributed by atoms with Gasteiger partial charge in [0, 0.05) is 19.1 Å². The maximum Gasteiger partial charge on any atom is 0.244 e. The van der Waals surface area contributed by atoms with Gasteiger partial charge in [0.25, 0.3) is 0 Å². The molecule has 0 radical (unpaired) electrons. The summed E-state index contributed by atoms with van der Waals surface area (Å²) < 4.78 is 11.8. The van der Waals surface area contributed by atoms with Crippen molar-refractivity contribution in [3.63, 3.8) is 0 Å². The number of piperidine rings is 1. The van der Waals surface area contributed by atoms with Crippen LogP contribution >= 0.6 is 0 Å². The van der Waals surface area contributed by atoms with Crippen molar-refractivity contribution in [2.45, 2.75) is 75.7 Å². The third kappa shape index (κ3) is 5.38. The monoisotopic (exact) mass is 398 g/mol. The van der Waals surface area contributed by atoms with Gasteiger partial charge in [-0.1, -0.05) is 12.1 Å². The lowest BCUT2D eigenvalue weighted by molar-refractivity contribution is -0.127. The van der Waals surface area contributed by atoms with Gasteiger partial charge in [0.2, 0.25) is 11.8 Å². The maximum atomic E-state index is 12.5. The molecule has 29 heavy (non-hydrogen) atoms. The number of hydrogen-bond donors (Lipinski definition) is 2. The van der Waals surface area contributed by atoms with Crippen LogP contribution in [0.2, 0.25) is 0 Å². The topological polar surface area (TPSA) is 76.7 Å². The van der Waals surface area contributed by atoms with Crippen LogP contribution in [0, 0.1) is 0 Å². The van der Waals surface area contributed by atoms with Crippen molar-refractivity contribution < 1.29 is 19.1 Å². The SMILES string of the molecule is O=C(/C=C/c1cccc(OC2CCCC2)c1)NC1CCC(=O)NC1C1CCCO1. The molecule has 3 unspecified atom stereocenters. The Balaban J connectivity index is 1.34. The van der Waals surface area contributed by atoms with E-state index in [0.29, 0.717) is 18.9 Å². The molecular formula is C23H30N2O4. The van der Waals surface area contributed by atoms with Gasteiger partial charge in [-0.2, -0.15) is 0 Å². The van der Waals surface area contributed by atoms with E-state index in [4.69, 9.17) is 9.47 Å². The van der Waals surface area contributed by atoms with Crippen molar-refractivity contribution in [3.05, 3.63) is 35.9 Å². The smallest absolute Gasteiger partial charge is 0.244 e. The van der Waals surface area contributed by atoms with Crippen molar-refractivity contribution >= 4 is 17.9 Å². The third-order valence-electron chi connectivity index (χ3n) is 6.03. The summed E-state index contributed by atoms with van der Waals surface area (Å²) in [6.45, 7) is 0.719. The minimum atomic E-state index is -0.156. The summed E-state index contributed by atoms with van der Waals surface area (Å²) in [6, 6.07) is 7.59. The van der Waals surface area contributed by atoms with Crippen molar-refractivity contribution in [2.75, 3.05) is 6.61 Å². The predicted octanol–water partition coefficient (Wildman–Crippen LogP) is 2.96. The number of benzene rings is 1. The molecule has 4 rings (SSSR count). The summed E-state index contributed by atoms with van der Waals surface area (Å²) in [5.41, 5.74) is 0.934. The number of carbonyl (C=O) groups is 2. The highest BCUT2D eigenvalue weighted by Crippen LogP contribution is 2.25. The van der Waals surface area contributed by atoms with Crippen LogP contribution in [0.3, 0.4) is 0 Å². The minimum absolute atomic E-state index is 0.0158. The fourth-order valence-electron chi connectivity index (χ4n) is 4.52. The largest absolute Gasteiger partial charge is 0.490 e. The first-order chi connectivity index (χ1) is 14.2. The van der Waals surface area contributed by atoms with Gasteiger partial charge < -0.3 is 20.1 Å². The molecule has 0 aromatic heterocycles. The van der Waals surface area contributed by atoms with Crippen LogP contribution in [0.25, 0.3) is 6.08 Å². The second kappa shape index (κ2) is 9.44. The molecule has 2 amide bonds. The van der Waals surface area contributed by atoms with Crippen LogP contribution in [0.5, 0.6) is 5.75 Å². The van der Waals surface area contributed by atoms with Gasteiger partial charge in [0.05, 0.1) is 24.3 Å². The standard InChI is InChI=1S/C23H30N2O4/c26-21(24-19-11-13-22(27)25-23(19)20-9-4-14-28-20)12-10-16-5-3-8-18(15-16)29-17-6-1-2-7-17/h3,5,8,10,12,15,17,19-20,23H,1-2,4,6-7,9,11,13-14H2,(H,24,26)(H,25,27)/b12-10+. The Morgan fingerprint density at radius 2 is 2.03 bits per heavy atom. The lowest BCUT2D eigenvalue weighted by atomic mass is 9.92. The second-order valence-electron chi connectivity index (χ2n) is 8.23. The average molecular weight is 399 g/mol. The van der Waals surface area contributed by atoms with E-state index in [2.05, 4.69) is 10.6 Å². The minimum Gasteiger partial charge on any atom is -0.490 e. The van der Waals surface area contributed by atoms with E-state index in [1.807, 2.05) is 24.3 Å². The Morgan fingerprint density at radius 1 is 1.17 bits per heavy atom. The second-order valence-corrected chi connectivity index (χ2v) is 8.23. The number of nitrogens with one attached hydrogen (secondary N) is 2. The first-order valence-corrected chi connectivity index (χ1v) is 10.8. The molecule has 2 heterocycles. The van der Waals surface area contributed by atoms with Gasteiger partial charge in [-0.05, 0) is 68.7 Å². The van der Waals surface area contributed by atoms with E-state index in [1.165, 1.54) is 12.8 Å². The zero-order valence-corrected chi connectivity index (χ0v) is 16.8. The lowest BCUT2D eigenvalue weighted by Gasteiger charge is -2.35. The zero-order chi connectivity index (χ0) is 20.1. The van der Waals surface area contributed by atoms with E-state index < -0.39 is 0 Å². The number of carbonyl (C=O) groups excluding carboxylic acids is 2. The highest BCUT2D eigenvalue weighted by Gasteiger charge is 2.37. The van der Waals surface area contributed by atoms with Crippen LogP contribution in [-0.4, -0.2) is 42.7 Å². The molecule has 1 aromatic rings. The summed E-state index contributed by atoms with van der Waals surface area (Å²) in [5.74, 6) is 0.731. The molecule has 3 aliphatic rings. The molecule has 2 saturated heterocycles.